The Morgan fingerprint density at radius 1 is 0.958 bits per heavy atom. The largest absolute Gasteiger partial charge is 0.437 e. The van der Waals surface area contributed by atoms with Crippen LogP contribution < -0.4 is 10.5 Å². The molecule has 0 spiro atoms. The fourth-order valence-corrected chi connectivity index (χ4v) is 2.58. The quantitative estimate of drug-likeness (QED) is 0.575. The molecule has 2 aromatic heterocycles. The smallest absolute Gasteiger partial charge is 0.246 e. The van der Waals surface area contributed by atoms with E-state index in [9.17, 15) is 0 Å². The van der Waals surface area contributed by atoms with Crippen LogP contribution in [0.1, 0.15) is 0 Å². The second-order valence-electron chi connectivity index (χ2n) is 5.13. The van der Waals surface area contributed by atoms with Crippen molar-refractivity contribution in [2.75, 3.05) is 5.73 Å². The first-order valence-corrected chi connectivity index (χ1v) is 7.59. The Hall–Kier alpha value is -3.12. The Labute approximate surface area is 142 Å². The fraction of sp³-hybridized carbons (Fsp3) is 0. The van der Waals surface area contributed by atoms with Crippen LogP contribution in [0.15, 0.2) is 60.7 Å². The number of para-hydroxylation sites is 1. The van der Waals surface area contributed by atoms with E-state index in [1.54, 1.807) is 12.1 Å². The van der Waals surface area contributed by atoms with Crippen molar-refractivity contribution in [1.82, 2.24) is 19.8 Å². The van der Waals surface area contributed by atoms with E-state index in [2.05, 4.69) is 15.3 Å². The van der Waals surface area contributed by atoms with Crippen LogP contribution in [0.2, 0.25) is 5.28 Å². The number of hydrogen-bond acceptors (Lipinski definition) is 5. The molecule has 0 unspecified atom stereocenters. The first-order chi connectivity index (χ1) is 11.7. The van der Waals surface area contributed by atoms with Crippen molar-refractivity contribution in [2.24, 2.45) is 0 Å². The summed E-state index contributed by atoms with van der Waals surface area (Å²) in [7, 11) is 0. The monoisotopic (exact) mass is 337 g/mol. The molecule has 118 valence electrons. The lowest BCUT2D eigenvalue weighted by Gasteiger charge is -2.11. The Morgan fingerprint density at radius 3 is 2.71 bits per heavy atom. The van der Waals surface area contributed by atoms with Crippen LogP contribution in [0, 0.1) is 0 Å². The Bertz CT molecular complexity index is 1030. The van der Waals surface area contributed by atoms with Crippen molar-refractivity contribution in [3.05, 3.63) is 65.9 Å². The highest BCUT2D eigenvalue weighted by atomic mass is 35.5. The molecule has 0 aliphatic rings. The Morgan fingerprint density at radius 2 is 1.83 bits per heavy atom. The highest BCUT2D eigenvalue weighted by Crippen LogP contribution is 2.33. The number of hydrogen-bond donors (Lipinski definition) is 1. The summed E-state index contributed by atoms with van der Waals surface area (Å²) < 4.78 is 7.37. The van der Waals surface area contributed by atoms with Gasteiger partial charge in [0.1, 0.15) is 5.75 Å². The number of anilines is 1. The van der Waals surface area contributed by atoms with E-state index in [4.69, 9.17) is 22.1 Å². The summed E-state index contributed by atoms with van der Waals surface area (Å²) in [4.78, 5) is 0. The molecule has 4 rings (SSSR count). The van der Waals surface area contributed by atoms with Crippen molar-refractivity contribution in [3.63, 3.8) is 0 Å². The van der Waals surface area contributed by atoms with Crippen molar-refractivity contribution in [2.45, 2.75) is 0 Å². The zero-order chi connectivity index (χ0) is 16.5. The van der Waals surface area contributed by atoms with Gasteiger partial charge < -0.3 is 10.5 Å². The summed E-state index contributed by atoms with van der Waals surface area (Å²) in [6.45, 7) is 0. The summed E-state index contributed by atoms with van der Waals surface area (Å²) in [5, 5.41) is 12.1. The second kappa shape index (κ2) is 5.82. The number of benzene rings is 2. The number of aromatic nitrogens is 4. The summed E-state index contributed by atoms with van der Waals surface area (Å²) in [5.74, 6) is 1.06. The van der Waals surface area contributed by atoms with Crippen molar-refractivity contribution in [3.8, 4) is 22.8 Å². The van der Waals surface area contributed by atoms with Gasteiger partial charge in [0.15, 0.2) is 5.65 Å². The third-order valence-corrected chi connectivity index (χ3v) is 3.74. The highest BCUT2D eigenvalue weighted by molar-refractivity contribution is 6.28. The van der Waals surface area contributed by atoms with E-state index < -0.39 is 0 Å². The number of nitrogen functional groups attached to an aromatic ring is 1. The van der Waals surface area contributed by atoms with E-state index in [0.29, 0.717) is 23.0 Å². The third kappa shape index (κ3) is 2.63. The van der Waals surface area contributed by atoms with Gasteiger partial charge in [0, 0.05) is 17.3 Å². The first kappa shape index (κ1) is 14.5. The zero-order valence-corrected chi connectivity index (χ0v) is 13.2. The molecule has 6 nitrogen and oxygen atoms in total. The number of nitrogens with two attached hydrogens (primary N) is 1. The molecule has 2 N–H and O–H groups in total. The molecule has 7 heteroatoms. The van der Waals surface area contributed by atoms with Crippen LogP contribution in [0.25, 0.3) is 16.8 Å². The molecule has 2 heterocycles. The number of fused-ring (bicyclic) bond motifs is 1. The third-order valence-electron chi connectivity index (χ3n) is 3.50. The van der Waals surface area contributed by atoms with Gasteiger partial charge in [-0.3, -0.25) is 0 Å². The standard InChI is InChI=1S/C17H12ClN5O/c18-17-21-20-15-8-9-16(22-23(15)17)24-14-7-2-1-6-13(14)11-4-3-5-12(19)10-11/h1-10H,19H2. The molecular formula is C17H12ClN5O. The van der Waals surface area contributed by atoms with E-state index >= 15 is 0 Å². The van der Waals surface area contributed by atoms with Crippen LogP contribution in [-0.4, -0.2) is 19.8 Å². The summed E-state index contributed by atoms with van der Waals surface area (Å²) in [6, 6.07) is 18.8. The number of nitrogens with zero attached hydrogens (tertiary/aromatic N) is 4. The predicted molar refractivity (Wildman–Crippen MR) is 92.2 cm³/mol. The van der Waals surface area contributed by atoms with Gasteiger partial charge in [-0.15, -0.1) is 15.3 Å². The predicted octanol–water partition coefficient (Wildman–Crippen LogP) is 3.82. The minimum Gasteiger partial charge on any atom is -0.437 e. The van der Waals surface area contributed by atoms with Gasteiger partial charge in [-0.1, -0.05) is 30.3 Å². The lowest BCUT2D eigenvalue weighted by molar-refractivity contribution is 0.454. The second-order valence-corrected chi connectivity index (χ2v) is 5.47. The first-order valence-electron chi connectivity index (χ1n) is 7.21. The van der Waals surface area contributed by atoms with Crippen LogP contribution in [0.3, 0.4) is 0 Å². The molecule has 0 bridgehead atoms. The van der Waals surface area contributed by atoms with Gasteiger partial charge >= 0.3 is 0 Å². The van der Waals surface area contributed by atoms with Crippen molar-refractivity contribution < 1.29 is 4.74 Å². The molecule has 0 saturated carbocycles. The molecular weight excluding hydrogens is 326 g/mol. The fourth-order valence-electron chi connectivity index (χ4n) is 2.41. The van der Waals surface area contributed by atoms with Crippen LogP contribution in [0.4, 0.5) is 5.69 Å². The summed E-state index contributed by atoms with van der Waals surface area (Å²) in [6.07, 6.45) is 0. The SMILES string of the molecule is Nc1cccc(-c2ccccc2Oc2ccc3nnc(Cl)n3n2)c1. The topological polar surface area (TPSA) is 78.3 Å². The molecule has 0 amide bonds. The van der Waals surface area contributed by atoms with Gasteiger partial charge in [-0.25, -0.2) is 0 Å². The molecule has 24 heavy (non-hydrogen) atoms. The molecule has 0 fully saturated rings. The van der Waals surface area contributed by atoms with Crippen molar-refractivity contribution in [1.29, 1.82) is 0 Å². The molecule has 2 aromatic carbocycles. The molecule has 0 aliphatic heterocycles. The van der Waals surface area contributed by atoms with Crippen LogP contribution in [0.5, 0.6) is 11.6 Å². The van der Waals surface area contributed by atoms with E-state index in [-0.39, 0.29) is 5.28 Å². The van der Waals surface area contributed by atoms with Gasteiger partial charge in [0.25, 0.3) is 0 Å². The lowest BCUT2D eigenvalue weighted by atomic mass is 10.0. The molecule has 4 aromatic rings. The number of rotatable bonds is 3. The Balaban J connectivity index is 1.75. The Kier molecular flexibility index (Phi) is 3.51. The number of halogens is 1. The summed E-state index contributed by atoms with van der Waals surface area (Å²) in [5.41, 5.74) is 9.01. The normalized spacial score (nSPS) is 10.9. The number of ether oxygens (including phenoxy) is 1. The maximum Gasteiger partial charge on any atom is 0.246 e. The highest BCUT2D eigenvalue weighted by Gasteiger charge is 2.10. The maximum absolute atomic E-state index is 5.95. The minimum atomic E-state index is 0.180. The average Bonchev–Trinajstić information content (AvgIpc) is 2.96. The van der Waals surface area contributed by atoms with Gasteiger partial charge in [-0.2, -0.15) is 4.52 Å². The van der Waals surface area contributed by atoms with Crippen LogP contribution >= 0.6 is 11.6 Å². The molecule has 0 atom stereocenters. The maximum atomic E-state index is 5.95. The van der Waals surface area contributed by atoms with E-state index in [1.165, 1.54) is 4.52 Å². The van der Waals surface area contributed by atoms with Gasteiger partial charge in [-0.05, 0) is 41.4 Å². The minimum absolute atomic E-state index is 0.180. The molecule has 0 saturated heterocycles. The van der Waals surface area contributed by atoms with E-state index in [1.807, 2.05) is 48.5 Å². The van der Waals surface area contributed by atoms with E-state index in [0.717, 1.165) is 11.1 Å². The zero-order valence-electron chi connectivity index (χ0n) is 12.4. The summed E-state index contributed by atoms with van der Waals surface area (Å²) >= 11 is 5.95. The van der Waals surface area contributed by atoms with Crippen LogP contribution in [-0.2, 0) is 0 Å². The van der Waals surface area contributed by atoms with Crippen molar-refractivity contribution >= 4 is 22.9 Å². The lowest BCUT2D eigenvalue weighted by Crippen LogP contribution is -1.96. The molecule has 0 aliphatic carbocycles. The van der Waals surface area contributed by atoms with Gasteiger partial charge in [0.2, 0.25) is 11.2 Å². The average molecular weight is 338 g/mol. The van der Waals surface area contributed by atoms with Gasteiger partial charge in [0.05, 0.1) is 0 Å². The molecule has 0 radical (unpaired) electrons.